The molecule has 8 nitrogen and oxygen atoms in total. The molecule has 1 N–H and O–H groups in total. The number of nitrogens with zero attached hydrogens (tertiary/aromatic N) is 5. The van der Waals surface area contributed by atoms with Gasteiger partial charge in [-0.3, -0.25) is 4.79 Å². The third-order valence-electron chi connectivity index (χ3n) is 5.85. The molecule has 2 unspecified atom stereocenters. The lowest BCUT2D eigenvalue weighted by Crippen LogP contribution is -2.53. The summed E-state index contributed by atoms with van der Waals surface area (Å²) >= 11 is 0. The molecule has 0 bridgehead atoms. The van der Waals surface area contributed by atoms with E-state index in [1.165, 1.54) is 0 Å². The highest BCUT2D eigenvalue weighted by Gasteiger charge is 2.36. The van der Waals surface area contributed by atoms with Crippen LogP contribution in [0.5, 0.6) is 0 Å². The van der Waals surface area contributed by atoms with Crippen LogP contribution in [-0.2, 0) is 5.41 Å². The number of H-pyrrole nitrogens is 1. The summed E-state index contributed by atoms with van der Waals surface area (Å²) in [5.41, 5.74) is 1.10. The van der Waals surface area contributed by atoms with Crippen molar-refractivity contribution >= 4 is 22.8 Å². The normalized spacial score (nSPS) is 20.2. The minimum atomic E-state index is -0.276. The van der Waals surface area contributed by atoms with Crippen molar-refractivity contribution in [3.05, 3.63) is 36.1 Å². The fraction of sp³-hybridized carbons (Fsp3) is 0.524. The number of amides is 1. The zero-order chi connectivity index (χ0) is 20.8. The largest absolute Gasteiger partial charge is 0.360 e. The van der Waals surface area contributed by atoms with Gasteiger partial charge in [0.05, 0.1) is 17.6 Å². The number of likely N-dealkylation sites (tertiary alicyclic amines) is 1. The Labute approximate surface area is 170 Å². The lowest BCUT2D eigenvalue weighted by molar-refractivity contribution is 0.0665. The molecule has 154 valence electrons. The van der Waals surface area contributed by atoms with Gasteiger partial charge >= 0.3 is 0 Å². The number of carbonyl (C=O) groups is 1. The van der Waals surface area contributed by atoms with Crippen LogP contribution in [-0.4, -0.2) is 57.1 Å². The molecule has 1 amide bonds. The van der Waals surface area contributed by atoms with Crippen LogP contribution in [0.2, 0.25) is 0 Å². The summed E-state index contributed by atoms with van der Waals surface area (Å²) in [5.74, 6) is 1.92. The minimum absolute atomic E-state index is 0.0176. The summed E-state index contributed by atoms with van der Waals surface area (Å²) in [6.07, 6.45) is 5.93. The standard InChI is InChI=1S/C21H28N6O2/c1-13-7-9-27(20(28)15-10-25-29-17(15)21(2,3)4)11-16(13)26(5)19-14-6-8-22-18(14)23-12-24-19/h6,8,10,12-13,16H,7,9,11H2,1-5H3,(H,22,23,24). The molecule has 1 aliphatic rings. The lowest BCUT2D eigenvalue weighted by atomic mass is 9.89. The van der Waals surface area contributed by atoms with E-state index in [1.54, 1.807) is 12.5 Å². The highest BCUT2D eigenvalue weighted by molar-refractivity contribution is 5.95. The summed E-state index contributed by atoms with van der Waals surface area (Å²) in [6.45, 7) is 9.66. The molecule has 2 atom stereocenters. The molecule has 3 aromatic rings. The first-order valence-corrected chi connectivity index (χ1v) is 10.0. The van der Waals surface area contributed by atoms with E-state index in [-0.39, 0.29) is 17.4 Å². The molecule has 0 saturated carbocycles. The highest BCUT2D eigenvalue weighted by atomic mass is 16.5. The number of piperidine rings is 1. The molecule has 29 heavy (non-hydrogen) atoms. The molecule has 4 heterocycles. The maximum atomic E-state index is 13.3. The zero-order valence-electron chi connectivity index (χ0n) is 17.6. The quantitative estimate of drug-likeness (QED) is 0.731. The Hall–Kier alpha value is -2.90. The molecule has 0 aromatic carbocycles. The van der Waals surface area contributed by atoms with Gasteiger partial charge in [0.15, 0.2) is 5.76 Å². The highest BCUT2D eigenvalue weighted by Crippen LogP contribution is 2.31. The third-order valence-corrected chi connectivity index (χ3v) is 5.85. The summed E-state index contributed by atoms with van der Waals surface area (Å²) in [4.78, 5) is 29.3. The van der Waals surface area contributed by atoms with Crippen LogP contribution in [0.15, 0.2) is 29.3 Å². The van der Waals surface area contributed by atoms with E-state index < -0.39 is 0 Å². The Morgan fingerprint density at radius 3 is 2.90 bits per heavy atom. The van der Waals surface area contributed by atoms with Gasteiger partial charge in [-0.05, 0) is 18.4 Å². The number of nitrogens with one attached hydrogen (secondary N) is 1. The second kappa shape index (κ2) is 7.17. The van der Waals surface area contributed by atoms with Crippen LogP contribution in [0.3, 0.4) is 0 Å². The Morgan fingerprint density at radius 1 is 1.34 bits per heavy atom. The Morgan fingerprint density at radius 2 is 2.14 bits per heavy atom. The summed E-state index contributed by atoms with van der Waals surface area (Å²) in [7, 11) is 2.05. The average Bonchev–Trinajstić information content (AvgIpc) is 3.36. The van der Waals surface area contributed by atoms with Gasteiger partial charge in [-0.1, -0.05) is 32.9 Å². The third kappa shape index (κ3) is 3.47. The van der Waals surface area contributed by atoms with E-state index >= 15 is 0 Å². The van der Waals surface area contributed by atoms with Gasteiger partial charge in [0.1, 0.15) is 23.4 Å². The molecular formula is C21H28N6O2. The van der Waals surface area contributed by atoms with Crippen LogP contribution < -0.4 is 4.90 Å². The summed E-state index contributed by atoms with van der Waals surface area (Å²) < 4.78 is 5.42. The second-order valence-corrected chi connectivity index (χ2v) is 8.95. The SMILES string of the molecule is CC1CCN(C(=O)c2cnoc2C(C)(C)C)CC1N(C)c1ncnc2[nH]ccc12. The van der Waals surface area contributed by atoms with Gasteiger partial charge in [-0.2, -0.15) is 0 Å². The molecule has 1 fully saturated rings. The van der Waals surface area contributed by atoms with E-state index in [9.17, 15) is 4.79 Å². The van der Waals surface area contributed by atoms with Crippen molar-refractivity contribution in [2.24, 2.45) is 5.92 Å². The number of fused-ring (bicyclic) bond motifs is 1. The Bertz CT molecular complexity index is 1020. The second-order valence-electron chi connectivity index (χ2n) is 8.95. The number of anilines is 1. The predicted molar refractivity (Wildman–Crippen MR) is 111 cm³/mol. The van der Waals surface area contributed by atoms with Crippen molar-refractivity contribution in [2.45, 2.75) is 45.6 Å². The molecular weight excluding hydrogens is 368 g/mol. The molecule has 1 aliphatic heterocycles. The van der Waals surface area contributed by atoms with Crippen LogP contribution >= 0.6 is 0 Å². The van der Waals surface area contributed by atoms with Crippen LogP contribution in [0.1, 0.15) is 50.2 Å². The number of hydrogen-bond donors (Lipinski definition) is 1. The predicted octanol–water partition coefficient (Wildman–Crippen LogP) is 3.23. The van der Waals surface area contributed by atoms with Crippen molar-refractivity contribution in [2.75, 3.05) is 25.0 Å². The van der Waals surface area contributed by atoms with Gasteiger partial charge in [0.2, 0.25) is 0 Å². The van der Waals surface area contributed by atoms with Crippen LogP contribution in [0.4, 0.5) is 5.82 Å². The molecule has 4 rings (SSSR count). The van der Waals surface area contributed by atoms with Gasteiger partial charge in [0, 0.05) is 31.7 Å². The molecule has 8 heteroatoms. The van der Waals surface area contributed by atoms with Crippen molar-refractivity contribution in [1.82, 2.24) is 25.0 Å². The van der Waals surface area contributed by atoms with Crippen molar-refractivity contribution in [3.63, 3.8) is 0 Å². The van der Waals surface area contributed by atoms with E-state index in [1.807, 2.05) is 45.0 Å². The molecule has 0 spiro atoms. The van der Waals surface area contributed by atoms with E-state index in [4.69, 9.17) is 4.52 Å². The van der Waals surface area contributed by atoms with Gasteiger partial charge in [-0.15, -0.1) is 0 Å². The van der Waals surface area contributed by atoms with Gasteiger partial charge < -0.3 is 19.3 Å². The number of carbonyl (C=O) groups excluding carboxylic acids is 1. The van der Waals surface area contributed by atoms with Crippen LogP contribution in [0, 0.1) is 5.92 Å². The average molecular weight is 396 g/mol. The number of hydrogen-bond acceptors (Lipinski definition) is 6. The Kier molecular flexibility index (Phi) is 4.80. The summed E-state index contributed by atoms with van der Waals surface area (Å²) in [6, 6.07) is 2.14. The van der Waals surface area contributed by atoms with Crippen molar-refractivity contribution in [3.8, 4) is 0 Å². The number of aromatic nitrogens is 4. The number of rotatable bonds is 3. The lowest BCUT2D eigenvalue weighted by Gasteiger charge is -2.42. The fourth-order valence-electron chi connectivity index (χ4n) is 4.14. The topological polar surface area (TPSA) is 91.2 Å². The monoisotopic (exact) mass is 396 g/mol. The first kappa shape index (κ1) is 19.4. The van der Waals surface area contributed by atoms with E-state index in [2.05, 4.69) is 31.9 Å². The Balaban J connectivity index is 1.59. The van der Waals surface area contributed by atoms with Gasteiger partial charge in [-0.25, -0.2) is 9.97 Å². The maximum absolute atomic E-state index is 13.3. The van der Waals surface area contributed by atoms with Gasteiger partial charge in [0.25, 0.3) is 5.91 Å². The maximum Gasteiger partial charge on any atom is 0.259 e. The summed E-state index contributed by atoms with van der Waals surface area (Å²) in [5, 5.41) is 4.88. The zero-order valence-corrected chi connectivity index (χ0v) is 17.6. The minimum Gasteiger partial charge on any atom is -0.360 e. The number of likely N-dealkylation sites (N-methyl/N-ethyl adjacent to an activating group) is 1. The molecule has 3 aromatic heterocycles. The first-order valence-electron chi connectivity index (χ1n) is 10.0. The first-order chi connectivity index (χ1) is 13.8. The van der Waals surface area contributed by atoms with Crippen LogP contribution in [0.25, 0.3) is 11.0 Å². The van der Waals surface area contributed by atoms with E-state index in [0.717, 1.165) is 29.8 Å². The number of aromatic amines is 1. The van der Waals surface area contributed by atoms with Crippen molar-refractivity contribution < 1.29 is 9.32 Å². The molecule has 1 saturated heterocycles. The van der Waals surface area contributed by atoms with Crippen molar-refractivity contribution in [1.29, 1.82) is 0 Å². The molecule has 0 aliphatic carbocycles. The molecule has 0 radical (unpaired) electrons. The van der Waals surface area contributed by atoms with E-state index in [0.29, 0.717) is 23.8 Å². The fourth-order valence-corrected chi connectivity index (χ4v) is 4.14. The smallest absolute Gasteiger partial charge is 0.259 e.